The minimum absolute atomic E-state index is 0.00501. The van der Waals surface area contributed by atoms with Gasteiger partial charge in [0.2, 0.25) is 0 Å². The van der Waals surface area contributed by atoms with Gasteiger partial charge in [0.05, 0.1) is 18.3 Å². The van der Waals surface area contributed by atoms with Crippen LogP contribution in [0.4, 0.5) is 4.79 Å². The zero-order chi connectivity index (χ0) is 17.1. The predicted molar refractivity (Wildman–Crippen MR) is 90.3 cm³/mol. The molecule has 2 atom stereocenters. The SMILES string of the molecule is Cc1nccc(CNC(=O)N2CCC(C)CC2c2ccc(C)o2)n1. The van der Waals surface area contributed by atoms with Gasteiger partial charge in [-0.25, -0.2) is 14.8 Å². The molecule has 0 bridgehead atoms. The fraction of sp³-hybridized carbons (Fsp3) is 0.500. The summed E-state index contributed by atoms with van der Waals surface area (Å²) in [6.45, 7) is 7.13. The Morgan fingerprint density at radius 1 is 1.38 bits per heavy atom. The summed E-state index contributed by atoms with van der Waals surface area (Å²) in [7, 11) is 0. The fourth-order valence-electron chi connectivity index (χ4n) is 3.16. The molecule has 6 nitrogen and oxygen atoms in total. The number of piperidine rings is 1. The Balaban J connectivity index is 1.69. The Hall–Kier alpha value is -2.37. The molecule has 3 rings (SSSR count). The highest BCUT2D eigenvalue weighted by Crippen LogP contribution is 2.34. The third-order valence-electron chi connectivity index (χ3n) is 4.47. The number of aromatic nitrogens is 2. The van der Waals surface area contributed by atoms with E-state index in [0.717, 1.165) is 36.6 Å². The Morgan fingerprint density at radius 2 is 2.21 bits per heavy atom. The van der Waals surface area contributed by atoms with Gasteiger partial charge in [0.15, 0.2) is 0 Å². The molecule has 1 saturated heterocycles. The van der Waals surface area contributed by atoms with E-state index in [-0.39, 0.29) is 12.1 Å². The maximum Gasteiger partial charge on any atom is 0.318 e. The summed E-state index contributed by atoms with van der Waals surface area (Å²) < 4.78 is 5.79. The molecule has 24 heavy (non-hydrogen) atoms. The number of urea groups is 1. The van der Waals surface area contributed by atoms with E-state index in [9.17, 15) is 4.79 Å². The summed E-state index contributed by atoms with van der Waals surface area (Å²) in [5.74, 6) is 3.03. The second-order valence-corrected chi connectivity index (χ2v) is 6.54. The van der Waals surface area contributed by atoms with Crippen LogP contribution in [0.3, 0.4) is 0 Å². The highest BCUT2D eigenvalue weighted by Gasteiger charge is 2.32. The number of amides is 2. The van der Waals surface area contributed by atoms with Crippen LogP contribution in [0.1, 0.15) is 48.8 Å². The van der Waals surface area contributed by atoms with E-state index in [1.54, 1.807) is 6.20 Å². The van der Waals surface area contributed by atoms with Crippen LogP contribution in [0.5, 0.6) is 0 Å². The lowest BCUT2D eigenvalue weighted by molar-refractivity contribution is 0.119. The Bertz CT molecular complexity index is 713. The minimum Gasteiger partial charge on any atom is -0.464 e. The number of nitrogens with zero attached hydrogens (tertiary/aromatic N) is 3. The van der Waals surface area contributed by atoms with Crippen molar-refractivity contribution >= 4 is 6.03 Å². The van der Waals surface area contributed by atoms with Crippen molar-refractivity contribution in [1.29, 1.82) is 0 Å². The van der Waals surface area contributed by atoms with Crippen molar-refractivity contribution < 1.29 is 9.21 Å². The predicted octanol–water partition coefficient (Wildman–Crippen LogP) is 3.37. The van der Waals surface area contributed by atoms with Crippen LogP contribution in [0.25, 0.3) is 0 Å². The van der Waals surface area contributed by atoms with E-state index >= 15 is 0 Å². The first kappa shape index (κ1) is 16.5. The zero-order valence-corrected chi connectivity index (χ0v) is 14.5. The molecule has 2 aromatic heterocycles. The van der Waals surface area contributed by atoms with Gasteiger partial charge in [-0.05, 0) is 50.8 Å². The van der Waals surface area contributed by atoms with Crippen LogP contribution in [0.15, 0.2) is 28.8 Å². The second kappa shape index (κ2) is 7.03. The van der Waals surface area contributed by atoms with Crippen LogP contribution in [-0.4, -0.2) is 27.4 Å². The molecule has 2 aromatic rings. The summed E-state index contributed by atoms with van der Waals surface area (Å²) in [6.07, 6.45) is 3.64. The number of carbonyl (C=O) groups excluding carboxylic acids is 1. The Morgan fingerprint density at radius 3 is 2.92 bits per heavy atom. The zero-order valence-electron chi connectivity index (χ0n) is 14.5. The normalized spacial score (nSPS) is 20.9. The number of rotatable bonds is 3. The van der Waals surface area contributed by atoms with Crippen LogP contribution < -0.4 is 5.32 Å². The summed E-state index contributed by atoms with van der Waals surface area (Å²) in [5, 5.41) is 2.97. The number of aryl methyl sites for hydroxylation is 2. The van der Waals surface area contributed by atoms with E-state index in [0.29, 0.717) is 18.3 Å². The number of nitrogens with one attached hydrogen (secondary N) is 1. The van der Waals surface area contributed by atoms with Crippen LogP contribution in [0.2, 0.25) is 0 Å². The van der Waals surface area contributed by atoms with Gasteiger partial charge in [-0.15, -0.1) is 0 Å². The molecule has 2 amide bonds. The molecule has 2 unspecified atom stereocenters. The first-order valence-corrected chi connectivity index (χ1v) is 8.42. The number of hydrogen-bond acceptors (Lipinski definition) is 4. The molecule has 3 heterocycles. The summed E-state index contributed by atoms with van der Waals surface area (Å²) >= 11 is 0. The van der Waals surface area contributed by atoms with Gasteiger partial charge in [-0.3, -0.25) is 0 Å². The van der Waals surface area contributed by atoms with E-state index in [4.69, 9.17) is 4.42 Å². The van der Waals surface area contributed by atoms with Crippen molar-refractivity contribution in [1.82, 2.24) is 20.2 Å². The van der Waals surface area contributed by atoms with Crippen LogP contribution >= 0.6 is 0 Å². The molecular formula is C18H24N4O2. The number of likely N-dealkylation sites (tertiary alicyclic amines) is 1. The molecular weight excluding hydrogens is 304 g/mol. The monoisotopic (exact) mass is 328 g/mol. The number of carbonyl (C=O) groups is 1. The molecule has 1 N–H and O–H groups in total. The van der Waals surface area contributed by atoms with Gasteiger partial charge >= 0.3 is 6.03 Å². The molecule has 0 aliphatic carbocycles. The van der Waals surface area contributed by atoms with Crippen molar-refractivity contribution in [2.45, 2.75) is 46.2 Å². The van der Waals surface area contributed by atoms with Crippen molar-refractivity contribution in [2.24, 2.45) is 5.92 Å². The van der Waals surface area contributed by atoms with Gasteiger partial charge in [0.1, 0.15) is 17.3 Å². The Labute approximate surface area is 142 Å². The average Bonchev–Trinajstić information content (AvgIpc) is 2.99. The van der Waals surface area contributed by atoms with Gasteiger partial charge in [0.25, 0.3) is 0 Å². The van der Waals surface area contributed by atoms with Crippen molar-refractivity contribution in [3.05, 3.63) is 47.4 Å². The molecule has 6 heteroatoms. The quantitative estimate of drug-likeness (QED) is 0.937. The van der Waals surface area contributed by atoms with E-state index in [2.05, 4.69) is 22.2 Å². The summed E-state index contributed by atoms with van der Waals surface area (Å²) in [5.41, 5.74) is 0.812. The highest BCUT2D eigenvalue weighted by molar-refractivity contribution is 5.74. The maximum absolute atomic E-state index is 12.7. The molecule has 0 radical (unpaired) electrons. The molecule has 0 spiro atoms. The van der Waals surface area contributed by atoms with Crippen LogP contribution in [-0.2, 0) is 6.54 Å². The molecule has 1 aliphatic rings. The van der Waals surface area contributed by atoms with Gasteiger partial charge in [-0.2, -0.15) is 0 Å². The van der Waals surface area contributed by atoms with Crippen molar-refractivity contribution in [3.63, 3.8) is 0 Å². The van der Waals surface area contributed by atoms with Gasteiger partial charge in [-0.1, -0.05) is 6.92 Å². The second-order valence-electron chi connectivity index (χ2n) is 6.54. The third kappa shape index (κ3) is 3.75. The molecule has 0 saturated carbocycles. The van der Waals surface area contributed by atoms with Crippen molar-refractivity contribution in [3.8, 4) is 0 Å². The van der Waals surface area contributed by atoms with E-state index in [1.807, 2.05) is 36.9 Å². The number of furan rings is 1. The first-order chi connectivity index (χ1) is 11.5. The molecule has 0 aromatic carbocycles. The average molecular weight is 328 g/mol. The number of hydrogen-bond donors (Lipinski definition) is 1. The lowest BCUT2D eigenvalue weighted by Gasteiger charge is -2.37. The topological polar surface area (TPSA) is 71.3 Å². The fourth-order valence-corrected chi connectivity index (χ4v) is 3.16. The summed E-state index contributed by atoms with van der Waals surface area (Å²) in [6, 6.07) is 5.67. The molecule has 1 aliphatic heterocycles. The van der Waals surface area contributed by atoms with Gasteiger partial charge in [0, 0.05) is 12.7 Å². The first-order valence-electron chi connectivity index (χ1n) is 8.42. The van der Waals surface area contributed by atoms with E-state index in [1.165, 1.54) is 0 Å². The molecule has 128 valence electrons. The van der Waals surface area contributed by atoms with Gasteiger partial charge < -0.3 is 14.6 Å². The van der Waals surface area contributed by atoms with Crippen molar-refractivity contribution in [2.75, 3.05) is 6.54 Å². The highest BCUT2D eigenvalue weighted by atomic mass is 16.3. The standard InChI is InChI=1S/C18H24N4O2/c1-12-7-9-22(16(10-12)17-5-4-13(2)24-17)18(23)20-11-15-6-8-19-14(3)21-15/h4-6,8,12,16H,7,9-11H2,1-3H3,(H,20,23). The molecule has 1 fully saturated rings. The maximum atomic E-state index is 12.7. The van der Waals surface area contributed by atoms with E-state index < -0.39 is 0 Å². The largest absolute Gasteiger partial charge is 0.464 e. The third-order valence-corrected chi connectivity index (χ3v) is 4.47. The lowest BCUT2D eigenvalue weighted by Crippen LogP contribution is -2.45. The Kier molecular flexibility index (Phi) is 4.83. The smallest absolute Gasteiger partial charge is 0.318 e. The summed E-state index contributed by atoms with van der Waals surface area (Å²) in [4.78, 5) is 23.0. The minimum atomic E-state index is -0.0720. The van der Waals surface area contributed by atoms with Crippen LogP contribution in [0, 0.1) is 19.8 Å². The lowest BCUT2D eigenvalue weighted by atomic mass is 9.91.